The van der Waals surface area contributed by atoms with Gasteiger partial charge in [0, 0.05) is 12.6 Å². The van der Waals surface area contributed by atoms with Gasteiger partial charge in [0.05, 0.1) is 18.4 Å². The lowest BCUT2D eigenvalue weighted by atomic mass is 9.99. The average molecular weight is 281 g/mol. The molecule has 0 radical (unpaired) electrons. The van der Waals surface area contributed by atoms with Crippen LogP contribution in [0.25, 0.3) is 0 Å². The van der Waals surface area contributed by atoms with Crippen LogP contribution in [0.15, 0.2) is 11.4 Å². The fourth-order valence-electron chi connectivity index (χ4n) is 2.48. The van der Waals surface area contributed by atoms with E-state index in [-0.39, 0.29) is 17.9 Å². The highest BCUT2D eigenvalue weighted by molar-refractivity contribution is 7.12. The Balaban J connectivity index is 2.13. The Bertz CT molecular complexity index is 469. The van der Waals surface area contributed by atoms with Gasteiger partial charge in [0.2, 0.25) is 0 Å². The molecule has 1 aliphatic heterocycles. The van der Waals surface area contributed by atoms with E-state index in [1.807, 2.05) is 23.3 Å². The molecule has 0 saturated carbocycles. The molecule has 104 valence electrons. The van der Waals surface area contributed by atoms with Crippen LogP contribution >= 0.6 is 11.3 Å². The highest BCUT2D eigenvalue weighted by Gasteiger charge is 2.30. The summed E-state index contributed by atoms with van der Waals surface area (Å²) in [7, 11) is 1.39. The monoisotopic (exact) mass is 281 g/mol. The maximum atomic E-state index is 12.5. The second-order valence-electron chi connectivity index (χ2n) is 4.86. The molecule has 5 heteroatoms. The zero-order valence-electron chi connectivity index (χ0n) is 11.3. The van der Waals surface area contributed by atoms with E-state index in [0.717, 1.165) is 36.2 Å². The van der Waals surface area contributed by atoms with Crippen molar-refractivity contribution in [1.82, 2.24) is 4.90 Å². The maximum absolute atomic E-state index is 12.5. The molecule has 0 spiro atoms. The molecular formula is C14H19NO3S. The van der Waals surface area contributed by atoms with Crippen molar-refractivity contribution in [1.29, 1.82) is 0 Å². The van der Waals surface area contributed by atoms with Gasteiger partial charge in [0.15, 0.2) is 0 Å². The maximum Gasteiger partial charge on any atom is 0.307 e. The van der Waals surface area contributed by atoms with E-state index in [4.69, 9.17) is 4.74 Å². The van der Waals surface area contributed by atoms with E-state index in [1.165, 1.54) is 18.4 Å². The van der Waals surface area contributed by atoms with Crippen LogP contribution in [0.1, 0.15) is 40.9 Å². The molecule has 1 aliphatic rings. The molecule has 1 amide bonds. The molecule has 0 aromatic carbocycles. The number of hydrogen-bond donors (Lipinski definition) is 0. The Hall–Kier alpha value is -1.36. The Morgan fingerprint density at radius 2 is 2.26 bits per heavy atom. The number of likely N-dealkylation sites (tertiary alicyclic amines) is 1. The first kappa shape index (κ1) is 14.1. The predicted molar refractivity (Wildman–Crippen MR) is 74.4 cm³/mol. The standard InChI is InChI=1S/C14H19NO3S/c1-10-6-8-19-13(10)14(17)15-7-4-3-5-11(15)9-12(16)18-2/h6,8,11H,3-5,7,9H2,1-2H3. The highest BCUT2D eigenvalue weighted by atomic mass is 32.1. The van der Waals surface area contributed by atoms with Crippen molar-refractivity contribution < 1.29 is 14.3 Å². The Morgan fingerprint density at radius 1 is 1.47 bits per heavy atom. The van der Waals surface area contributed by atoms with Gasteiger partial charge in [-0.15, -0.1) is 11.3 Å². The SMILES string of the molecule is COC(=O)CC1CCCCN1C(=O)c1sccc1C. The lowest BCUT2D eigenvalue weighted by Crippen LogP contribution is -2.44. The smallest absolute Gasteiger partial charge is 0.307 e. The molecule has 1 unspecified atom stereocenters. The molecule has 1 fully saturated rings. The van der Waals surface area contributed by atoms with Gasteiger partial charge in [-0.2, -0.15) is 0 Å². The van der Waals surface area contributed by atoms with E-state index in [2.05, 4.69) is 0 Å². The Labute approximate surface area is 117 Å². The first-order valence-electron chi connectivity index (χ1n) is 6.55. The third-order valence-electron chi connectivity index (χ3n) is 3.57. The van der Waals surface area contributed by atoms with Crippen LogP contribution in [-0.2, 0) is 9.53 Å². The Kier molecular flexibility index (Phi) is 4.58. The number of rotatable bonds is 3. The molecule has 1 aromatic heterocycles. The quantitative estimate of drug-likeness (QED) is 0.800. The topological polar surface area (TPSA) is 46.6 Å². The summed E-state index contributed by atoms with van der Waals surface area (Å²) < 4.78 is 4.72. The van der Waals surface area contributed by atoms with Gasteiger partial charge >= 0.3 is 5.97 Å². The lowest BCUT2D eigenvalue weighted by molar-refractivity contribution is -0.142. The van der Waals surface area contributed by atoms with Gasteiger partial charge < -0.3 is 9.64 Å². The van der Waals surface area contributed by atoms with Crippen molar-refractivity contribution in [3.8, 4) is 0 Å². The fourth-order valence-corrected chi connectivity index (χ4v) is 3.36. The minimum Gasteiger partial charge on any atom is -0.469 e. The molecule has 0 N–H and O–H groups in total. The second kappa shape index (κ2) is 6.19. The van der Waals surface area contributed by atoms with Gasteiger partial charge in [0.1, 0.15) is 0 Å². The normalized spacial score (nSPS) is 19.3. The van der Waals surface area contributed by atoms with E-state index in [9.17, 15) is 9.59 Å². The predicted octanol–water partition coefficient (Wildman–Crippen LogP) is 2.61. The van der Waals surface area contributed by atoms with Crippen molar-refractivity contribution in [3.05, 3.63) is 21.9 Å². The molecule has 2 heterocycles. The number of hydrogen-bond acceptors (Lipinski definition) is 4. The third-order valence-corrected chi connectivity index (χ3v) is 4.58. The lowest BCUT2D eigenvalue weighted by Gasteiger charge is -2.35. The summed E-state index contributed by atoms with van der Waals surface area (Å²) in [5.74, 6) is -0.186. The highest BCUT2D eigenvalue weighted by Crippen LogP contribution is 2.25. The number of nitrogens with zero attached hydrogens (tertiary/aromatic N) is 1. The first-order chi connectivity index (χ1) is 9.13. The van der Waals surface area contributed by atoms with Crippen LogP contribution in [0.4, 0.5) is 0 Å². The molecule has 1 atom stereocenters. The number of carbonyl (C=O) groups is 2. The summed E-state index contributed by atoms with van der Waals surface area (Å²) in [4.78, 5) is 26.6. The zero-order valence-corrected chi connectivity index (χ0v) is 12.2. The Morgan fingerprint density at radius 3 is 2.89 bits per heavy atom. The van der Waals surface area contributed by atoms with Gasteiger partial charge in [-0.3, -0.25) is 9.59 Å². The molecule has 0 bridgehead atoms. The molecule has 1 aromatic rings. The van der Waals surface area contributed by atoms with E-state index in [1.54, 1.807) is 0 Å². The average Bonchev–Trinajstić information content (AvgIpc) is 2.84. The third kappa shape index (κ3) is 3.15. The van der Waals surface area contributed by atoms with Crippen molar-refractivity contribution in [3.63, 3.8) is 0 Å². The molecule has 1 saturated heterocycles. The summed E-state index contributed by atoms with van der Waals surface area (Å²) in [6.45, 7) is 2.68. The number of carbonyl (C=O) groups excluding carboxylic acids is 2. The zero-order chi connectivity index (χ0) is 13.8. The fraction of sp³-hybridized carbons (Fsp3) is 0.571. The number of aryl methyl sites for hydroxylation is 1. The van der Waals surface area contributed by atoms with Crippen molar-refractivity contribution >= 4 is 23.2 Å². The minimum atomic E-state index is -0.243. The number of ether oxygens (including phenoxy) is 1. The van der Waals surface area contributed by atoms with Gasteiger partial charge in [-0.05, 0) is 43.2 Å². The summed E-state index contributed by atoms with van der Waals surface area (Å²) in [5, 5.41) is 1.93. The van der Waals surface area contributed by atoms with Gasteiger partial charge in [-0.1, -0.05) is 0 Å². The van der Waals surface area contributed by atoms with Gasteiger partial charge in [-0.25, -0.2) is 0 Å². The first-order valence-corrected chi connectivity index (χ1v) is 7.43. The van der Waals surface area contributed by atoms with Gasteiger partial charge in [0.25, 0.3) is 5.91 Å². The summed E-state index contributed by atoms with van der Waals surface area (Å²) >= 11 is 1.47. The van der Waals surface area contributed by atoms with E-state index < -0.39 is 0 Å². The van der Waals surface area contributed by atoms with Crippen molar-refractivity contribution in [2.75, 3.05) is 13.7 Å². The molecule has 2 rings (SSSR count). The largest absolute Gasteiger partial charge is 0.469 e. The molecule has 0 aliphatic carbocycles. The van der Waals surface area contributed by atoms with Crippen molar-refractivity contribution in [2.24, 2.45) is 0 Å². The summed E-state index contributed by atoms with van der Waals surface area (Å²) in [5.41, 5.74) is 1.01. The number of esters is 1. The van der Waals surface area contributed by atoms with Crippen LogP contribution in [0, 0.1) is 6.92 Å². The van der Waals surface area contributed by atoms with E-state index in [0.29, 0.717) is 6.42 Å². The van der Waals surface area contributed by atoms with Crippen molar-refractivity contribution in [2.45, 2.75) is 38.6 Å². The molecular weight excluding hydrogens is 262 g/mol. The van der Waals surface area contributed by atoms with E-state index >= 15 is 0 Å². The number of piperidine rings is 1. The number of amides is 1. The van der Waals surface area contributed by atoms with Crippen LogP contribution in [0.2, 0.25) is 0 Å². The molecule has 19 heavy (non-hydrogen) atoms. The second-order valence-corrected chi connectivity index (χ2v) is 5.78. The molecule has 4 nitrogen and oxygen atoms in total. The van der Waals surface area contributed by atoms with Crippen LogP contribution in [0.3, 0.4) is 0 Å². The minimum absolute atomic E-state index is 0.0183. The summed E-state index contributed by atoms with van der Waals surface area (Å²) in [6.07, 6.45) is 3.25. The van der Waals surface area contributed by atoms with Crippen LogP contribution in [-0.4, -0.2) is 36.5 Å². The van der Waals surface area contributed by atoms with Crippen LogP contribution < -0.4 is 0 Å². The summed E-state index contributed by atoms with van der Waals surface area (Å²) in [6, 6.07) is 1.94. The number of thiophene rings is 1. The van der Waals surface area contributed by atoms with Crippen LogP contribution in [0.5, 0.6) is 0 Å². The number of methoxy groups -OCH3 is 1.